The quantitative estimate of drug-likeness (QED) is 0.142. The van der Waals surface area contributed by atoms with Crippen molar-refractivity contribution < 1.29 is 9.63 Å². The Hall–Kier alpha value is -3.83. The molecule has 1 unspecified atom stereocenters. The second-order valence-electron chi connectivity index (χ2n) is 12.7. The van der Waals surface area contributed by atoms with Crippen LogP contribution < -0.4 is 16.2 Å². The van der Waals surface area contributed by atoms with Crippen molar-refractivity contribution in [2.75, 3.05) is 30.8 Å². The summed E-state index contributed by atoms with van der Waals surface area (Å²) in [5, 5.41) is 8.38. The van der Waals surface area contributed by atoms with Gasteiger partial charge in [-0.15, -0.1) is 11.3 Å². The summed E-state index contributed by atoms with van der Waals surface area (Å²) >= 11 is 1.62. The molecule has 10 heteroatoms. The Balaban J connectivity index is 1.21. The lowest BCUT2D eigenvalue weighted by Crippen LogP contribution is -2.43. The number of hydrogen-bond donors (Lipinski definition) is 2. The molecule has 0 spiro atoms. The maximum atomic E-state index is 13.3. The SMILES string of the molecule is Cc1c(NC(=O)c2cc3c(s2)CCCCC3)cccc1-c1cn(C)c(=O)c(Nc2ccc(C(ON3CCC3)N(C)C(C)C)cc2)n1. The number of benzene rings is 2. The van der Waals surface area contributed by atoms with Crippen LogP contribution in [-0.4, -0.2) is 51.6 Å². The van der Waals surface area contributed by atoms with Gasteiger partial charge in [-0.25, -0.2) is 4.98 Å². The summed E-state index contributed by atoms with van der Waals surface area (Å²) in [6, 6.07) is 16.1. The van der Waals surface area contributed by atoms with Gasteiger partial charge in [0.05, 0.1) is 10.6 Å². The molecule has 1 amide bonds. The highest BCUT2D eigenvalue weighted by atomic mass is 32.1. The van der Waals surface area contributed by atoms with Crippen LogP contribution in [0.2, 0.25) is 0 Å². The van der Waals surface area contributed by atoms with E-state index in [0.717, 1.165) is 65.3 Å². The molecular formula is C36H44N6O3S. The van der Waals surface area contributed by atoms with Gasteiger partial charge in [0.1, 0.15) is 0 Å². The number of thiophene rings is 1. The van der Waals surface area contributed by atoms with Crippen molar-refractivity contribution in [2.45, 2.75) is 71.6 Å². The van der Waals surface area contributed by atoms with Crippen molar-refractivity contribution in [1.29, 1.82) is 0 Å². The predicted octanol–water partition coefficient (Wildman–Crippen LogP) is 7.06. The summed E-state index contributed by atoms with van der Waals surface area (Å²) in [7, 11) is 3.79. The molecule has 242 valence electrons. The molecule has 6 rings (SSSR count). The van der Waals surface area contributed by atoms with Crippen molar-refractivity contribution in [3.63, 3.8) is 0 Å². The molecule has 4 aromatic rings. The number of nitrogens with zero attached hydrogens (tertiary/aromatic N) is 4. The minimum atomic E-state index is -0.231. The van der Waals surface area contributed by atoms with Gasteiger partial charge < -0.3 is 15.2 Å². The molecule has 1 aliphatic heterocycles. The van der Waals surface area contributed by atoms with Gasteiger partial charge in [0.25, 0.3) is 11.5 Å². The van der Waals surface area contributed by atoms with Crippen LogP contribution in [0.3, 0.4) is 0 Å². The highest BCUT2D eigenvalue weighted by Crippen LogP contribution is 2.32. The van der Waals surface area contributed by atoms with E-state index in [1.807, 2.05) is 54.5 Å². The number of carbonyl (C=O) groups excluding carboxylic acids is 1. The first kappa shape index (κ1) is 32.1. The van der Waals surface area contributed by atoms with Crippen LogP contribution in [-0.2, 0) is 24.7 Å². The van der Waals surface area contributed by atoms with Crippen LogP contribution in [0.1, 0.15) is 77.0 Å². The third-order valence-corrected chi connectivity index (χ3v) is 10.3. The number of carbonyl (C=O) groups is 1. The van der Waals surface area contributed by atoms with Gasteiger partial charge in [-0.3, -0.25) is 19.3 Å². The third kappa shape index (κ3) is 6.95. The second kappa shape index (κ2) is 13.9. The van der Waals surface area contributed by atoms with Crippen molar-refractivity contribution in [1.82, 2.24) is 19.5 Å². The fourth-order valence-electron chi connectivity index (χ4n) is 5.87. The lowest BCUT2D eigenvalue weighted by atomic mass is 10.0. The van der Waals surface area contributed by atoms with E-state index in [-0.39, 0.29) is 23.5 Å². The van der Waals surface area contributed by atoms with Crippen molar-refractivity contribution >= 4 is 34.4 Å². The molecular weight excluding hydrogens is 597 g/mol. The number of anilines is 3. The van der Waals surface area contributed by atoms with E-state index in [2.05, 4.69) is 42.5 Å². The summed E-state index contributed by atoms with van der Waals surface area (Å²) < 4.78 is 1.54. The molecule has 2 aliphatic rings. The monoisotopic (exact) mass is 640 g/mol. The second-order valence-corrected chi connectivity index (χ2v) is 13.8. The number of nitrogens with one attached hydrogen (secondary N) is 2. The number of aromatic nitrogens is 2. The zero-order chi connectivity index (χ0) is 32.4. The summed E-state index contributed by atoms with van der Waals surface area (Å²) in [6.07, 6.45) is 8.42. The van der Waals surface area contributed by atoms with E-state index in [1.54, 1.807) is 24.6 Å². The molecule has 3 heterocycles. The Labute approximate surface area is 275 Å². The lowest BCUT2D eigenvalue weighted by Gasteiger charge is -2.38. The van der Waals surface area contributed by atoms with Gasteiger partial charge in [-0.2, -0.15) is 5.06 Å². The molecule has 2 N–H and O–H groups in total. The van der Waals surface area contributed by atoms with Gasteiger partial charge in [0.15, 0.2) is 12.0 Å². The average Bonchev–Trinajstić information content (AvgIpc) is 3.30. The average molecular weight is 641 g/mol. The van der Waals surface area contributed by atoms with E-state index >= 15 is 0 Å². The van der Waals surface area contributed by atoms with Crippen molar-refractivity contribution in [3.8, 4) is 11.3 Å². The molecule has 1 atom stereocenters. The largest absolute Gasteiger partial charge is 0.336 e. The zero-order valence-electron chi connectivity index (χ0n) is 27.4. The van der Waals surface area contributed by atoms with E-state index in [0.29, 0.717) is 11.7 Å². The van der Waals surface area contributed by atoms with E-state index in [1.165, 1.54) is 34.3 Å². The Bertz CT molecular complexity index is 1740. The van der Waals surface area contributed by atoms with Crippen LogP contribution in [0, 0.1) is 6.92 Å². The summed E-state index contributed by atoms with van der Waals surface area (Å²) in [6.45, 7) is 8.16. The Morgan fingerprint density at radius 1 is 1.04 bits per heavy atom. The highest BCUT2D eigenvalue weighted by molar-refractivity contribution is 7.14. The zero-order valence-corrected chi connectivity index (χ0v) is 28.2. The third-order valence-electron chi connectivity index (χ3n) is 9.11. The normalized spacial score (nSPS) is 15.7. The van der Waals surface area contributed by atoms with Crippen LogP contribution >= 0.6 is 11.3 Å². The summed E-state index contributed by atoms with van der Waals surface area (Å²) in [5.74, 6) is 0.143. The standard InChI is InChI=1S/C36H44N6O3S/c1-23(2)41(5)36(45-42-19-10-20-42)25-15-17-27(18-16-25)37-33-35(44)40(4)22-30(38-33)28-12-9-13-29(24(28)3)39-34(43)32-21-26-11-7-6-8-14-31(26)46-32/h9,12-13,15-18,21-23,36H,6-8,10-11,14,19-20H2,1-5H3,(H,37,38)(H,39,43). The van der Waals surface area contributed by atoms with Gasteiger partial charge in [-0.05, 0) is 101 Å². The van der Waals surface area contributed by atoms with Crippen LogP contribution in [0.15, 0.2) is 59.5 Å². The Kier molecular flexibility index (Phi) is 9.70. The summed E-state index contributed by atoms with van der Waals surface area (Å²) in [4.78, 5) is 41.8. The number of hydrogen-bond acceptors (Lipinski definition) is 8. The first-order chi connectivity index (χ1) is 22.2. The van der Waals surface area contributed by atoms with Crippen LogP contribution in [0.25, 0.3) is 11.3 Å². The first-order valence-corrected chi connectivity index (χ1v) is 17.1. The van der Waals surface area contributed by atoms with Crippen molar-refractivity contribution in [2.24, 2.45) is 7.05 Å². The molecule has 2 aromatic heterocycles. The molecule has 0 radical (unpaired) electrons. The molecule has 9 nitrogen and oxygen atoms in total. The van der Waals surface area contributed by atoms with Crippen LogP contribution in [0.4, 0.5) is 17.2 Å². The van der Waals surface area contributed by atoms with Crippen molar-refractivity contribution in [3.05, 3.63) is 91.5 Å². The minimum absolute atomic E-state index is 0.0883. The topological polar surface area (TPSA) is 91.7 Å². The number of fused-ring (bicyclic) bond motifs is 1. The van der Waals surface area contributed by atoms with Gasteiger partial charge in [-0.1, -0.05) is 30.7 Å². The highest BCUT2D eigenvalue weighted by Gasteiger charge is 2.26. The Morgan fingerprint density at radius 3 is 2.52 bits per heavy atom. The number of hydroxylamine groups is 2. The van der Waals surface area contributed by atoms with Gasteiger partial charge in [0, 0.05) is 54.2 Å². The van der Waals surface area contributed by atoms with E-state index in [9.17, 15) is 9.59 Å². The molecule has 0 saturated carbocycles. The smallest absolute Gasteiger partial charge is 0.293 e. The molecule has 1 fully saturated rings. The maximum Gasteiger partial charge on any atom is 0.293 e. The summed E-state index contributed by atoms with van der Waals surface area (Å²) in [5.41, 5.74) is 5.99. The molecule has 1 saturated heterocycles. The first-order valence-electron chi connectivity index (χ1n) is 16.3. The number of aryl methyl sites for hydroxylation is 3. The maximum absolute atomic E-state index is 13.3. The van der Waals surface area contributed by atoms with Gasteiger partial charge >= 0.3 is 0 Å². The van der Waals surface area contributed by atoms with E-state index < -0.39 is 0 Å². The molecule has 2 aromatic carbocycles. The fourth-order valence-corrected chi connectivity index (χ4v) is 7.02. The van der Waals surface area contributed by atoms with E-state index in [4.69, 9.17) is 9.82 Å². The Morgan fingerprint density at radius 2 is 1.80 bits per heavy atom. The van der Waals surface area contributed by atoms with Gasteiger partial charge in [0.2, 0.25) is 0 Å². The number of rotatable bonds is 10. The lowest BCUT2D eigenvalue weighted by molar-refractivity contribution is -0.270. The molecule has 46 heavy (non-hydrogen) atoms. The van der Waals surface area contributed by atoms with Crippen LogP contribution in [0.5, 0.6) is 0 Å². The minimum Gasteiger partial charge on any atom is -0.336 e. The number of amides is 1. The molecule has 1 aliphatic carbocycles. The predicted molar refractivity (Wildman–Crippen MR) is 186 cm³/mol. The fraction of sp³-hybridized carbons (Fsp3) is 0.417. The molecule has 0 bridgehead atoms.